The topological polar surface area (TPSA) is 0 Å². The molecule has 6 rings (SSSR count). The van der Waals surface area contributed by atoms with E-state index in [1.165, 1.54) is 101 Å². The van der Waals surface area contributed by atoms with Crippen molar-refractivity contribution < 1.29 is 0 Å². The molecule has 4 aromatic rings. The predicted octanol–water partition coefficient (Wildman–Crippen LogP) is 9.44. The highest BCUT2D eigenvalue weighted by Gasteiger charge is 2.23. The van der Waals surface area contributed by atoms with Crippen molar-refractivity contribution in [2.45, 2.75) is 76.0 Å². The monoisotopic (exact) mass is 444 g/mol. The molecule has 0 radical (unpaired) electrons. The summed E-state index contributed by atoms with van der Waals surface area (Å²) in [7, 11) is 0. The molecule has 0 amide bonds. The van der Waals surface area contributed by atoms with Gasteiger partial charge in [0.1, 0.15) is 0 Å². The molecule has 0 aromatic heterocycles. The normalized spacial score (nSPS) is 19.6. The van der Waals surface area contributed by atoms with Crippen LogP contribution in [0.3, 0.4) is 0 Å². The van der Waals surface area contributed by atoms with Crippen LogP contribution >= 0.6 is 15.9 Å². The lowest BCUT2D eigenvalue weighted by molar-refractivity contribution is 0.445. The molecule has 2 aliphatic carbocycles. The van der Waals surface area contributed by atoms with E-state index >= 15 is 0 Å². The van der Waals surface area contributed by atoms with Crippen LogP contribution in [-0.4, -0.2) is 0 Å². The Morgan fingerprint density at radius 2 is 1.10 bits per heavy atom. The first-order valence-electron chi connectivity index (χ1n) is 11.7. The first-order chi connectivity index (χ1) is 14.3. The van der Waals surface area contributed by atoms with Crippen LogP contribution in [0.2, 0.25) is 0 Å². The highest BCUT2D eigenvalue weighted by atomic mass is 79.9. The Kier molecular flexibility index (Phi) is 4.56. The zero-order chi connectivity index (χ0) is 19.4. The Balaban J connectivity index is 1.65. The third-order valence-corrected chi connectivity index (χ3v) is 8.54. The summed E-state index contributed by atoms with van der Waals surface area (Å²) in [5.41, 5.74) is 3.19. The number of hydrogen-bond acceptors (Lipinski definition) is 0. The third-order valence-electron chi connectivity index (χ3n) is 7.89. The van der Waals surface area contributed by atoms with Crippen molar-refractivity contribution in [3.05, 3.63) is 58.1 Å². The molecular formula is C28H29Br. The second kappa shape index (κ2) is 7.27. The van der Waals surface area contributed by atoms with E-state index in [4.69, 9.17) is 0 Å². The third kappa shape index (κ3) is 2.92. The van der Waals surface area contributed by atoms with Crippen LogP contribution in [0.25, 0.3) is 32.3 Å². The van der Waals surface area contributed by atoms with Gasteiger partial charge in [-0.2, -0.15) is 0 Å². The van der Waals surface area contributed by atoms with Gasteiger partial charge in [0.05, 0.1) is 0 Å². The molecule has 2 saturated carbocycles. The van der Waals surface area contributed by atoms with Crippen LogP contribution in [-0.2, 0) is 0 Å². The number of benzene rings is 4. The Morgan fingerprint density at radius 3 is 1.83 bits per heavy atom. The fourth-order valence-electron chi connectivity index (χ4n) is 6.42. The lowest BCUT2D eigenvalue weighted by atomic mass is 9.78. The second-order valence-electron chi connectivity index (χ2n) is 9.52. The van der Waals surface area contributed by atoms with Crippen molar-refractivity contribution >= 4 is 48.2 Å². The molecular weight excluding hydrogens is 416 g/mol. The van der Waals surface area contributed by atoms with Gasteiger partial charge in [-0.05, 0) is 87.0 Å². The molecule has 148 valence electrons. The highest BCUT2D eigenvalue weighted by molar-refractivity contribution is 9.10. The van der Waals surface area contributed by atoms with Gasteiger partial charge in [0.15, 0.2) is 0 Å². The summed E-state index contributed by atoms with van der Waals surface area (Å²) >= 11 is 3.95. The summed E-state index contributed by atoms with van der Waals surface area (Å²) in [5.74, 6) is 1.47. The molecule has 0 nitrogen and oxygen atoms in total. The van der Waals surface area contributed by atoms with E-state index in [-0.39, 0.29) is 0 Å². The van der Waals surface area contributed by atoms with Crippen molar-refractivity contribution in [1.82, 2.24) is 0 Å². The average Bonchev–Trinajstić information content (AvgIpc) is 2.79. The Bertz CT molecular complexity index is 1180. The summed E-state index contributed by atoms with van der Waals surface area (Å²) in [6.45, 7) is 0. The minimum absolute atomic E-state index is 0.724. The molecule has 4 aromatic carbocycles. The van der Waals surface area contributed by atoms with E-state index in [1.54, 1.807) is 11.1 Å². The fraction of sp³-hybridized carbons (Fsp3) is 0.429. The molecule has 0 N–H and O–H groups in total. The van der Waals surface area contributed by atoms with E-state index < -0.39 is 0 Å². The van der Waals surface area contributed by atoms with Gasteiger partial charge in [0, 0.05) is 4.47 Å². The summed E-state index contributed by atoms with van der Waals surface area (Å²) in [6.07, 6.45) is 13.8. The summed E-state index contributed by atoms with van der Waals surface area (Å²) in [5, 5.41) is 8.84. The van der Waals surface area contributed by atoms with Gasteiger partial charge in [-0.15, -0.1) is 0 Å². The van der Waals surface area contributed by atoms with Crippen molar-refractivity contribution in [1.29, 1.82) is 0 Å². The molecule has 0 bridgehead atoms. The van der Waals surface area contributed by atoms with Crippen molar-refractivity contribution in [3.63, 3.8) is 0 Å². The van der Waals surface area contributed by atoms with Gasteiger partial charge in [-0.1, -0.05) is 90.9 Å². The molecule has 0 spiro atoms. The first kappa shape index (κ1) is 18.2. The minimum atomic E-state index is 0.724. The highest BCUT2D eigenvalue weighted by Crippen LogP contribution is 2.46. The maximum Gasteiger partial charge on any atom is 0.0257 e. The fourth-order valence-corrected chi connectivity index (χ4v) is 7.00. The van der Waals surface area contributed by atoms with Crippen LogP contribution in [0.4, 0.5) is 0 Å². The van der Waals surface area contributed by atoms with Crippen molar-refractivity contribution in [2.75, 3.05) is 0 Å². The summed E-state index contributed by atoms with van der Waals surface area (Å²) in [6, 6.07) is 16.9. The minimum Gasteiger partial charge on any atom is -0.0575 e. The predicted molar refractivity (Wildman–Crippen MR) is 129 cm³/mol. The molecule has 29 heavy (non-hydrogen) atoms. The van der Waals surface area contributed by atoms with E-state index in [0.717, 1.165) is 11.8 Å². The first-order valence-corrected chi connectivity index (χ1v) is 12.5. The number of halogens is 1. The molecule has 0 unspecified atom stereocenters. The Labute approximate surface area is 182 Å². The Morgan fingerprint density at radius 1 is 0.552 bits per heavy atom. The lowest BCUT2D eigenvalue weighted by Gasteiger charge is -2.27. The maximum atomic E-state index is 3.95. The van der Waals surface area contributed by atoms with Gasteiger partial charge >= 0.3 is 0 Å². The Hall–Kier alpha value is -1.60. The zero-order valence-electron chi connectivity index (χ0n) is 17.1. The average molecular weight is 445 g/mol. The molecule has 0 atom stereocenters. The standard InChI is InChI=1S/C28H29Br/c29-26-17-25(19-9-5-2-6-10-19)23-14-12-20-11-13-21(18-7-3-1-4-8-18)22-15-16-24(26)28(23)27(20)22/h11-19H,1-10H2. The van der Waals surface area contributed by atoms with Gasteiger partial charge in [-0.25, -0.2) is 0 Å². The van der Waals surface area contributed by atoms with Gasteiger partial charge in [0.2, 0.25) is 0 Å². The molecule has 2 fully saturated rings. The van der Waals surface area contributed by atoms with Crippen molar-refractivity contribution in [2.24, 2.45) is 0 Å². The summed E-state index contributed by atoms with van der Waals surface area (Å²) < 4.78 is 1.28. The molecule has 0 saturated heterocycles. The van der Waals surface area contributed by atoms with Gasteiger partial charge < -0.3 is 0 Å². The maximum absolute atomic E-state index is 3.95. The van der Waals surface area contributed by atoms with E-state index in [0.29, 0.717) is 0 Å². The van der Waals surface area contributed by atoms with Gasteiger partial charge in [-0.3, -0.25) is 0 Å². The van der Waals surface area contributed by atoms with E-state index in [9.17, 15) is 0 Å². The zero-order valence-corrected chi connectivity index (χ0v) is 18.7. The molecule has 0 heterocycles. The largest absolute Gasteiger partial charge is 0.0575 e. The van der Waals surface area contributed by atoms with E-state index in [2.05, 4.69) is 58.4 Å². The quantitative estimate of drug-likeness (QED) is 0.270. The van der Waals surface area contributed by atoms with Crippen LogP contribution in [0, 0.1) is 0 Å². The van der Waals surface area contributed by atoms with Crippen LogP contribution in [0.5, 0.6) is 0 Å². The SMILES string of the molecule is Brc1cc(C2CCCCC2)c2ccc3ccc(C4CCCCC4)c4ccc1c2c34. The number of hydrogen-bond donors (Lipinski definition) is 0. The van der Waals surface area contributed by atoms with E-state index in [1.807, 2.05) is 0 Å². The molecule has 0 aliphatic heterocycles. The number of rotatable bonds is 2. The van der Waals surface area contributed by atoms with Crippen LogP contribution in [0.15, 0.2) is 46.9 Å². The smallest absolute Gasteiger partial charge is 0.0257 e. The second-order valence-corrected chi connectivity index (χ2v) is 10.4. The summed E-state index contributed by atoms with van der Waals surface area (Å²) in [4.78, 5) is 0. The van der Waals surface area contributed by atoms with Crippen LogP contribution in [0.1, 0.15) is 87.2 Å². The van der Waals surface area contributed by atoms with Crippen molar-refractivity contribution in [3.8, 4) is 0 Å². The van der Waals surface area contributed by atoms with Crippen LogP contribution < -0.4 is 0 Å². The lowest BCUT2D eigenvalue weighted by Crippen LogP contribution is -2.06. The van der Waals surface area contributed by atoms with Gasteiger partial charge in [0.25, 0.3) is 0 Å². The molecule has 1 heteroatoms. The molecule has 2 aliphatic rings.